The van der Waals surface area contributed by atoms with Crippen LogP contribution in [0.15, 0.2) is 52.8 Å². The number of carbonyl (C=O) groups excluding carboxylic acids is 1. The average Bonchev–Trinajstić information content (AvgIpc) is 3.27. The lowest BCUT2D eigenvalue weighted by Crippen LogP contribution is -2.42. The molecule has 1 aromatic heterocycles. The molecule has 2 aliphatic rings. The van der Waals surface area contributed by atoms with E-state index in [2.05, 4.69) is 70.4 Å². The monoisotopic (exact) mass is 447 g/mol. The van der Waals surface area contributed by atoms with E-state index in [9.17, 15) is 9.90 Å². The molecule has 2 aliphatic heterocycles. The van der Waals surface area contributed by atoms with Crippen molar-refractivity contribution in [2.45, 2.75) is 52.7 Å². The largest absolute Gasteiger partial charge is 0.390 e. The maximum Gasteiger partial charge on any atom is 0.251 e. The molecule has 0 saturated heterocycles. The van der Waals surface area contributed by atoms with Crippen LogP contribution < -0.4 is 5.32 Å². The Hall–Kier alpha value is -2.90. The maximum absolute atomic E-state index is 12.7. The number of hydrogen-bond acceptors (Lipinski definition) is 6. The molecule has 174 valence electrons. The summed E-state index contributed by atoms with van der Waals surface area (Å²) in [6.07, 6.45) is 3.33. The number of aromatic nitrogens is 1. The SMILES string of the molecule is CC(C)(C)C1=NN=C(Cc2cc(C(=O)NC[C@H](O)CN3CCc4ccccc4C3)ccn2)C1. The van der Waals surface area contributed by atoms with Gasteiger partial charge < -0.3 is 10.4 Å². The Morgan fingerprint density at radius 3 is 2.73 bits per heavy atom. The van der Waals surface area contributed by atoms with Gasteiger partial charge in [0.05, 0.1) is 17.5 Å². The number of amides is 1. The van der Waals surface area contributed by atoms with Gasteiger partial charge in [0.15, 0.2) is 0 Å². The average molecular weight is 448 g/mol. The number of rotatable bonds is 7. The lowest BCUT2D eigenvalue weighted by molar-refractivity contribution is 0.0841. The van der Waals surface area contributed by atoms with E-state index >= 15 is 0 Å². The molecule has 0 saturated carbocycles. The van der Waals surface area contributed by atoms with Crippen LogP contribution in [-0.4, -0.2) is 58.1 Å². The van der Waals surface area contributed by atoms with E-state index in [0.717, 1.165) is 43.0 Å². The molecule has 4 rings (SSSR count). The number of pyridine rings is 1. The standard InChI is InChI=1S/C26H33N5O2/c1-26(2,3)24-14-22(29-30-24)13-21-12-19(8-10-27-21)25(33)28-15-23(32)17-31-11-9-18-6-4-5-7-20(18)16-31/h4-8,10,12,23,32H,9,11,13-17H2,1-3H3,(H,28,33)/t23-/m0/s1. The second kappa shape index (κ2) is 9.93. The normalized spacial score (nSPS) is 17.2. The molecule has 0 aliphatic carbocycles. The Labute approximate surface area is 195 Å². The van der Waals surface area contributed by atoms with Crippen molar-refractivity contribution < 1.29 is 9.90 Å². The van der Waals surface area contributed by atoms with Gasteiger partial charge in [-0.15, -0.1) is 0 Å². The van der Waals surface area contributed by atoms with Crippen molar-refractivity contribution in [2.75, 3.05) is 19.6 Å². The summed E-state index contributed by atoms with van der Waals surface area (Å²) in [4.78, 5) is 19.3. The second-order valence-electron chi connectivity index (χ2n) is 9.97. The van der Waals surface area contributed by atoms with Crippen molar-refractivity contribution in [3.63, 3.8) is 0 Å². The number of aliphatic hydroxyl groups is 1. The van der Waals surface area contributed by atoms with Gasteiger partial charge >= 0.3 is 0 Å². The van der Waals surface area contributed by atoms with Gasteiger partial charge in [0.25, 0.3) is 5.91 Å². The molecule has 0 radical (unpaired) electrons. The van der Waals surface area contributed by atoms with E-state index in [4.69, 9.17) is 0 Å². The lowest BCUT2D eigenvalue weighted by atomic mass is 9.87. The molecule has 33 heavy (non-hydrogen) atoms. The molecule has 0 fully saturated rings. The molecular formula is C26H33N5O2. The third-order valence-corrected chi connectivity index (χ3v) is 6.19. The Balaban J connectivity index is 1.25. The summed E-state index contributed by atoms with van der Waals surface area (Å²) in [5.41, 5.74) is 6.06. The highest BCUT2D eigenvalue weighted by molar-refractivity contribution is 6.10. The molecule has 1 aromatic carbocycles. The number of carbonyl (C=O) groups is 1. The Kier molecular flexibility index (Phi) is 7.00. The smallest absolute Gasteiger partial charge is 0.251 e. The molecule has 3 heterocycles. The number of nitrogens with one attached hydrogen (secondary N) is 1. The third kappa shape index (κ3) is 6.12. The topological polar surface area (TPSA) is 90.2 Å². The molecule has 1 amide bonds. The minimum Gasteiger partial charge on any atom is -0.390 e. The first-order chi connectivity index (χ1) is 15.8. The van der Waals surface area contributed by atoms with Crippen LogP contribution in [0.1, 0.15) is 54.4 Å². The van der Waals surface area contributed by atoms with Crippen LogP contribution in [0.25, 0.3) is 0 Å². The molecule has 1 atom stereocenters. The van der Waals surface area contributed by atoms with Crippen molar-refractivity contribution in [1.29, 1.82) is 0 Å². The van der Waals surface area contributed by atoms with Crippen LogP contribution in [0.3, 0.4) is 0 Å². The van der Waals surface area contributed by atoms with E-state index < -0.39 is 6.10 Å². The molecule has 0 spiro atoms. The van der Waals surface area contributed by atoms with Gasteiger partial charge in [-0.1, -0.05) is 45.0 Å². The number of aliphatic hydroxyl groups excluding tert-OH is 1. The highest BCUT2D eigenvalue weighted by Gasteiger charge is 2.25. The second-order valence-corrected chi connectivity index (χ2v) is 9.97. The number of benzene rings is 1. The van der Waals surface area contributed by atoms with Crippen LogP contribution in [0.5, 0.6) is 0 Å². The van der Waals surface area contributed by atoms with E-state index in [-0.39, 0.29) is 17.9 Å². The van der Waals surface area contributed by atoms with E-state index in [1.807, 2.05) is 0 Å². The predicted octanol–water partition coefficient (Wildman–Crippen LogP) is 3.02. The highest BCUT2D eigenvalue weighted by Crippen LogP contribution is 2.23. The van der Waals surface area contributed by atoms with Crippen molar-refractivity contribution in [3.8, 4) is 0 Å². The van der Waals surface area contributed by atoms with Gasteiger partial charge in [-0.2, -0.15) is 10.2 Å². The lowest BCUT2D eigenvalue weighted by Gasteiger charge is -2.30. The zero-order valence-electron chi connectivity index (χ0n) is 19.7. The first-order valence-corrected chi connectivity index (χ1v) is 11.6. The zero-order valence-corrected chi connectivity index (χ0v) is 19.7. The van der Waals surface area contributed by atoms with Crippen LogP contribution in [0.2, 0.25) is 0 Å². The minimum absolute atomic E-state index is 0.00116. The van der Waals surface area contributed by atoms with E-state index in [1.165, 1.54) is 11.1 Å². The predicted molar refractivity (Wildman–Crippen MR) is 131 cm³/mol. The highest BCUT2D eigenvalue weighted by atomic mass is 16.3. The fourth-order valence-corrected chi connectivity index (χ4v) is 4.22. The molecule has 7 nitrogen and oxygen atoms in total. The molecule has 0 unspecified atom stereocenters. The van der Waals surface area contributed by atoms with Crippen LogP contribution >= 0.6 is 0 Å². The number of hydrogen-bond donors (Lipinski definition) is 2. The molecular weight excluding hydrogens is 414 g/mol. The van der Waals surface area contributed by atoms with Gasteiger partial charge in [-0.05, 0) is 29.7 Å². The Bertz CT molecular complexity index is 1070. The minimum atomic E-state index is -0.624. The molecule has 2 N–H and O–H groups in total. The summed E-state index contributed by atoms with van der Waals surface area (Å²) in [7, 11) is 0. The van der Waals surface area contributed by atoms with Crippen LogP contribution in [-0.2, 0) is 19.4 Å². The fourth-order valence-electron chi connectivity index (χ4n) is 4.22. The van der Waals surface area contributed by atoms with Crippen LogP contribution in [0.4, 0.5) is 0 Å². The summed E-state index contributed by atoms with van der Waals surface area (Å²) >= 11 is 0. The van der Waals surface area contributed by atoms with Crippen LogP contribution in [0, 0.1) is 5.41 Å². The van der Waals surface area contributed by atoms with E-state index in [0.29, 0.717) is 18.5 Å². The summed E-state index contributed by atoms with van der Waals surface area (Å²) < 4.78 is 0. The van der Waals surface area contributed by atoms with Crippen molar-refractivity contribution in [2.24, 2.45) is 15.6 Å². The zero-order chi connectivity index (χ0) is 23.4. The number of nitrogens with zero attached hydrogens (tertiary/aromatic N) is 4. The molecule has 2 aromatic rings. The fraction of sp³-hybridized carbons (Fsp3) is 0.462. The van der Waals surface area contributed by atoms with Crippen molar-refractivity contribution in [1.82, 2.24) is 15.2 Å². The van der Waals surface area contributed by atoms with Gasteiger partial charge in [0.2, 0.25) is 0 Å². The summed E-state index contributed by atoms with van der Waals surface area (Å²) in [5.74, 6) is -0.207. The van der Waals surface area contributed by atoms with E-state index in [1.54, 1.807) is 18.3 Å². The number of fused-ring (bicyclic) bond motifs is 1. The Morgan fingerprint density at radius 1 is 1.18 bits per heavy atom. The van der Waals surface area contributed by atoms with Crippen molar-refractivity contribution in [3.05, 3.63) is 65.0 Å². The van der Waals surface area contributed by atoms with Gasteiger partial charge in [-0.3, -0.25) is 14.7 Å². The van der Waals surface area contributed by atoms with Gasteiger partial charge in [0, 0.05) is 61.9 Å². The van der Waals surface area contributed by atoms with Crippen molar-refractivity contribution >= 4 is 17.3 Å². The maximum atomic E-state index is 12.7. The summed E-state index contributed by atoms with van der Waals surface area (Å²) in [5, 5.41) is 22.0. The van der Waals surface area contributed by atoms with Gasteiger partial charge in [0.1, 0.15) is 0 Å². The summed E-state index contributed by atoms with van der Waals surface area (Å²) in [6, 6.07) is 11.9. The Morgan fingerprint density at radius 2 is 1.97 bits per heavy atom. The quantitative estimate of drug-likeness (QED) is 0.683. The third-order valence-electron chi connectivity index (χ3n) is 6.19. The van der Waals surface area contributed by atoms with Gasteiger partial charge in [-0.25, -0.2) is 0 Å². The summed E-state index contributed by atoms with van der Waals surface area (Å²) in [6.45, 7) is 8.89. The first-order valence-electron chi connectivity index (χ1n) is 11.6. The first kappa shape index (κ1) is 23.3. The molecule has 0 bridgehead atoms. The number of β-amino-alcohol motifs (C(OH)–C–C–N with tert-alkyl or cyclic N) is 1. The molecule has 7 heteroatoms.